The lowest BCUT2D eigenvalue weighted by Gasteiger charge is -2.20. The largest absolute Gasteiger partial charge is 0.392 e. The van der Waals surface area contributed by atoms with Crippen LogP contribution >= 0.6 is 0 Å². The number of hydrogen-bond acceptors (Lipinski definition) is 3. The molecular formula is C12H20N2O3S. The molecule has 3 N–H and O–H groups in total. The van der Waals surface area contributed by atoms with E-state index >= 15 is 0 Å². The maximum atomic E-state index is 11.7. The molecule has 0 aliphatic carbocycles. The highest BCUT2D eigenvalue weighted by atomic mass is 32.2. The standard InChI is InChI=1S/C12H20N2O3S/c1-12(2,3)14-18(16,17)13-8-10-5-4-6-11(7-10)9-15/h4-7,13-15H,8-9H2,1-3H3. The zero-order valence-corrected chi connectivity index (χ0v) is 11.7. The minimum atomic E-state index is -3.52. The zero-order chi connectivity index (χ0) is 13.8. The SMILES string of the molecule is CC(C)(C)NS(=O)(=O)NCc1cccc(CO)c1. The highest BCUT2D eigenvalue weighted by Gasteiger charge is 2.19. The predicted octanol–water partition coefficient (Wildman–Crippen LogP) is 0.901. The van der Waals surface area contributed by atoms with E-state index in [0.717, 1.165) is 11.1 Å². The third-order valence-corrected chi connectivity index (χ3v) is 3.49. The molecule has 0 spiro atoms. The van der Waals surface area contributed by atoms with Gasteiger partial charge in [-0.1, -0.05) is 24.3 Å². The van der Waals surface area contributed by atoms with Crippen molar-refractivity contribution in [2.75, 3.05) is 0 Å². The summed E-state index contributed by atoms with van der Waals surface area (Å²) in [5, 5.41) is 8.99. The average Bonchev–Trinajstić information content (AvgIpc) is 2.24. The molecule has 0 saturated carbocycles. The van der Waals surface area contributed by atoms with Crippen LogP contribution in [-0.4, -0.2) is 19.1 Å². The third kappa shape index (κ3) is 5.59. The Kier molecular flexibility index (Phi) is 4.86. The van der Waals surface area contributed by atoms with E-state index in [1.165, 1.54) is 0 Å². The van der Waals surface area contributed by atoms with Crippen molar-refractivity contribution in [2.45, 2.75) is 39.5 Å². The number of nitrogens with one attached hydrogen (secondary N) is 2. The Morgan fingerprint density at radius 2 is 1.83 bits per heavy atom. The predicted molar refractivity (Wildman–Crippen MR) is 71.0 cm³/mol. The van der Waals surface area contributed by atoms with Crippen molar-refractivity contribution in [3.05, 3.63) is 35.4 Å². The fraction of sp³-hybridized carbons (Fsp3) is 0.500. The van der Waals surface area contributed by atoms with E-state index < -0.39 is 15.7 Å². The van der Waals surface area contributed by atoms with Crippen LogP contribution in [0.2, 0.25) is 0 Å². The van der Waals surface area contributed by atoms with Gasteiger partial charge < -0.3 is 5.11 Å². The maximum absolute atomic E-state index is 11.7. The summed E-state index contributed by atoms with van der Waals surface area (Å²) < 4.78 is 28.4. The number of aliphatic hydroxyl groups excluding tert-OH is 1. The minimum Gasteiger partial charge on any atom is -0.392 e. The molecule has 0 atom stereocenters. The molecule has 0 radical (unpaired) electrons. The molecule has 5 nitrogen and oxygen atoms in total. The molecule has 102 valence electrons. The van der Waals surface area contributed by atoms with E-state index in [2.05, 4.69) is 9.44 Å². The van der Waals surface area contributed by atoms with Gasteiger partial charge in [0.1, 0.15) is 0 Å². The van der Waals surface area contributed by atoms with Crippen LogP contribution in [0.15, 0.2) is 24.3 Å². The van der Waals surface area contributed by atoms with Crippen LogP contribution in [0.3, 0.4) is 0 Å². The normalized spacial score (nSPS) is 12.7. The highest BCUT2D eigenvalue weighted by molar-refractivity contribution is 7.87. The molecule has 0 aliphatic rings. The summed E-state index contributed by atoms with van der Waals surface area (Å²) in [4.78, 5) is 0. The summed E-state index contributed by atoms with van der Waals surface area (Å²) in [6.07, 6.45) is 0. The van der Waals surface area contributed by atoms with Gasteiger partial charge in [0.05, 0.1) is 6.61 Å². The number of rotatable bonds is 5. The van der Waals surface area contributed by atoms with E-state index in [9.17, 15) is 8.42 Å². The molecule has 0 saturated heterocycles. The highest BCUT2D eigenvalue weighted by Crippen LogP contribution is 2.06. The summed E-state index contributed by atoms with van der Waals surface area (Å²) in [6.45, 7) is 5.47. The molecule has 0 unspecified atom stereocenters. The molecule has 1 aromatic carbocycles. The first-order chi connectivity index (χ1) is 8.22. The van der Waals surface area contributed by atoms with Crippen LogP contribution in [0.4, 0.5) is 0 Å². The van der Waals surface area contributed by atoms with Crippen molar-refractivity contribution in [1.29, 1.82) is 0 Å². The fourth-order valence-corrected chi connectivity index (χ4v) is 2.69. The quantitative estimate of drug-likeness (QED) is 0.745. The second kappa shape index (κ2) is 5.79. The molecule has 0 aliphatic heterocycles. The molecule has 6 heteroatoms. The summed E-state index contributed by atoms with van der Waals surface area (Å²) in [5.41, 5.74) is 1.05. The smallest absolute Gasteiger partial charge is 0.277 e. The first-order valence-electron chi connectivity index (χ1n) is 5.69. The Bertz CT molecular complexity index is 492. The molecule has 0 heterocycles. The van der Waals surface area contributed by atoms with Crippen LogP contribution in [0, 0.1) is 0 Å². The van der Waals surface area contributed by atoms with Gasteiger partial charge in [0.15, 0.2) is 0 Å². The number of aliphatic hydroxyl groups is 1. The lowest BCUT2D eigenvalue weighted by atomic mass is 10.1. The van der Waals surface area contributed by atoms with E-state index in [1.807, 2.05) is 0 Å². The summed E-state index contributed by atoms with van der Waals surface area (Å²) in [7, 11) is -3.52. The lowest BCUT2D eigenvalue weighted by Crippen LogP contribution is -2.46. The van der Waals surface area contributed by atoms with Gasteiger partial charge in [0.25, 0.3) is 10.2 Å². The topological polar surface area (TPSA) is 78.4 Å². The Morgan fingerprint density at radius 1 is 1.22 bits per heavy atom. The molecule has 18 heavy (non-hydrogen) atoms. The van der Waals surface area contributed by atoms with Crippen LogP contribution in [0.1, 0.15) is 31.9 Å². The van der Waals surface area contributed by atoms with Gasteiger partial charge >= 0.3 is 0 Å². The molecule has 0 fully saturated rings. The van der Waals surface area contributed by atoms with Crippen molar-refractivity contribution in [2.24, 2.45) is 0 Å². The van der Waals surface area contributed by atoms with Gasteiger partial charge in [-0.2, -0.15) is 17.9 Å². The Morgan fingerprint density at radius 3 is 2.39 bits per heavy atom. The van der Waals surface area contributed by atoms with Crippen LogP contribution in [-0.2, 0) is 23.4 Å². The first-order valence-corrected chi connectivity index (χ1v) is 7.17. The second-order valence-corrected chi connectivity index (χ2v) is 6.65. The van der Waals surface area contributed by atoms with Crippen LogP contribution in [0.5, 0.6) is 0 Å². The van der Waals surface area contributed by atoms with Gasteiger partial charge in [-0.3, -0.25) is 0 Å². The Hall–Kier alpha value is -0.950. The van der Waals surface area contributed by atoms with Gasteiger partial charge in [-0.25, -0.2) is 0 Å². The minimum absolute atomic E-state index is 0.0547. The van der Waals surface area contributed by atoms with E-state index in [4.69, 9.17) is 5.11 Å². The summed E-state index contributed by atoms with van der Waals surface area (Å²) >= 11 is 0. The average molecular weight is 272 g/mol. The van der Waals surface area contributed by atoms with E-state index in [1.54, 1.807) is 45.0 Å². The lowest BCUT2D eigenvalue weighted by molar-refractivity contribution is 0.281. The molecule has 1 rings (SSSR count). The Balaban J connectivity index is 2.64. The maximum Gasteiger partial charge on any atom is 0.277 e. The Labute approximate surface area is 108 Å². The zero-order valence-electron chi connectivity index (χ0n) is 10.9. The van der Waals surface area contributed by atoms with Crippen molar-refractivity contribution in [1.82, 2.24) is 9.44 Å². The fourth-order valence-electron chi connectivity index (χ4n) is 1.46. The molecule has 1 aromatic rings. The van der Waals surface area contributed by atoms with Gasteiger partial charge in [0.2, 0.25) is 0 Å². The summed E-state index contributed by atoms with van der Waals surface area (Å²) in [5.74, 6) is 0. The van der Waals surface area contributed by atoms with Crippen molar-refractivity contribution < 1.29 is 13.5 Å². The molecule has 0 aromatic heterocycles. The molecule has 0 amide bonds. The third-order valence-electron chi connectivity index (χ3n) is 2.08. The first kappa shape index (κ1) is 15.1. The van der Waals surface area contributed by atoms with Crippen molar-refractivity contribution in [3.8, 4) is 0 Å². The molecular weight excluding hydrogens is 252 g/mol. The summed E-state index contributed by atoms with van der Waals surface area (Å²) in [6, 6.07) is 7.14. The van der Waals surface area contributed by atoms with Crippen molar-refractivity contribution >= 4 is 10.2 Å². The van der Waals surface area contributed by atoms with Gasteiger partial charge in [0, 0.05) is 12.1 Å². The second-order valence-electron chi connectivity index (χ2n) is 5.15. The van der Waals surface area contributed by atoms with E-state index in [-0.39, 0.29) is 13.2 Å². The van der Waals surface area contributed by atoms with Gasteiger partial charge in [-0.15, -0.1) is 0 Å². The monoisotopic (exact) mass is 272 g/mol. The van der Waals surface area contributed by atoms with Crippen LogP contribution < -0.4 is 9.44 Å². The van der Waals surface area contributed by atoms with Gasteiger partial charge in [-0.05, 0) is 31.9 Å². The number of hydrogen-bond donors (Lipinski definition) is 3. The van der Waals surface area contributed by atoms with Crippen LogP contribution in [0.25, 0.3) is 0 Å². The van der Waals surface area contributed by atoms with Crippen molar-refractivity contribution in [3.63, 3.8) is 0 Å². The molecule has 0 bridgehead atoms. The van der Waals surface area contributed by atoms with E-state index in [0.29, 0.717) is 0 Å². The number of benzene rings is 1.